The van der Waals surface area contributed by atoms with Gasteiger partial charge in [-0.15, -0.1) is 0 Å². The molecule has 0 atom stereocenters. The summed E-state index contributed by atoms with van der Waals surface area (Å²) in [6.45, 7) is 0. The molecular formula is C15H12N4O2. The second kappa shape index (κ2) is 5.46. The molecule has 3 N–H and O–H groups in total. The van der Waals surface area contributed by atoms with Gasteiger partial charge in [0.05, 0.1) is 5.52 Å². The van der Waals surface area contributed by atoms with Gasteiger partial charge in [-0.3, -0.25) is 4.98 Å². The molecule has 0 aliphatic rings. The molecule has 6 heteroatoms. The SMILES string of the molecule is N/C(=N/O)c1cccc(Oc2cccc3ncccc23)n1. The van der Waals surface area contributed by atoms with Gasteiger partial charge < -0.3 is 15.7 Å². The summed E-state index contributed by atoms with van der Waals surface area (Å²) in [7, 11) is 0. The Labute approximate surface area is 120 Å². The molecule has 104 valence electrons. The Kier molecular flexibility index (Phi) is 3.34. The Morgan fingerprint density at radius 3 is 2.81 bits per heavy atom. The van der Waals surface area contributed by atoms with Crippen molar-refractivity contribution in [3.63, 3.8) is 0 Å². The Hall–Kier alpha value is -3.15. The first-order chi connectivity index (χ1) is 10.3. The summed E-state index contributed by atoms with van der Waals surface area (Å²) in [5.74, 6) is 0.931. The minimum atomic E-state index is -0.0694. The zero-order valence-electron chi connectivity index (χ0n) is 11.0. The Morgan fingerprint density at radius 2 is 1.95 bits per heavy atom. The molecular weight excluding hydrogens is 268 g/mol. The van der Waals surface area contributed by atoms with Crippen molar-refractivity contribution in [2.45, 2.75) is 0 Å². The highest BCUT2D eigenvalue weighted by molar-refractivity contribution is 5.95. The molecule has 21 heavy (non-hydrogen) atoms. The van der Waals surface area contributed by atoms with Crippen LogP contribution in [0.4, 0.5) is 0 Å². The third kappa shape index (κ3) is 2.59. The topological polar surface area (TPSA) is 93.6 Å². The first-order valence-corrected chi connectivity index (χ1v) is 6.24. The van der Waals surface area contributed by atoms with Gasteiger partial charge in [-0.25, -0.2) is 4.98 Å². The number of hydrogen-bond donors (Lipinski definition) is 2. The lowest BCUT2D eigenvalue weighted by Gasteiger charge is -2.08. The Morgan fingerprint density at radius 1 is 1.10 bits per heavy atom. The van der Waals surface area contributed by atoms with Crippen molar-refractivity contribution >= 4 is 16.7 Å². The third-order valence-electron chi connectivity index (χ3n) is 2.91. The van der Waals surface area contributed by atoms with E-state index in [0.717, 1.165) is 10.9 Å². The predicted octanol–water partition coefficient (Wildman–Crippen LogP) is 2.52. The van der Waals surface area contributed by atoms with E-state index in [4.69, 9.17) is 15.7 Å². The monoisotopic (exact) mass is 280 g/mol. The maximum atomic E-state index is 8.68. The van der Waals surface area contributed by atoms with Gasteiger partial charge in [-0.1, -0.05) is 17.3 Å². The van der Waals surface area contributed by atoms with Gasteiger partial charge in [0.1, 0.15) is 11.4 Å². The van der Waals surface area contributed by atoms with Crippen LogP contribution in [-0.4, -0.2) is 21.0 Å². The average Bonchev–Trinajstić information content (AvgIpc) is 2.55. The van der Waals surface area contributed by atoms with E-state index in [1.165, 1.54) is 0 Å². The van der Waals surface area contributed by atoms with Crippen molar-refractivity contribution in [3.8, 4) is 11.6 Å². The molecule has 0 unspecified atom stereocenters. The molecule has 0 saturated heterocycles. The Bertz CT molecular complexity index is 812. The summed E-state index contributed by atoms with van der Waals surface area (Å²) in [6.07, 6.45) is 1.73. The number of fused-ring (bicyclic) bond motifs is 1. The van der Waals surface area contributed by atoms with Crippen LogP contribution in [0.5, 0.6) is 11.6 Å². The first kappa shape index (κ1) is 12.9. The van der Waals surface area contributed by atoms with E-state index in [9.17, 15) is 0 Å². The summed E-state index contributed by atoms with van der Waals surface area (Å²) in [4.78, 5) is 8.46. The number of aromatic nitrogens is 2. The number of pyridine rings is 2. The highest BCUT2D eigenvalue weighted by Gasteiger charge is 2.07. The summed E-state index contributed by atoms with van der Waals surface area (Å²) in [5, 5.41) is 12.5. The molecule has 1 aromatic carbocycles. The largest absolute Gasteiger partial charge is 0.438 e. The second-order valence-corrected chi connectivity index (χ2v) is 4.27. The maximum Gasteiger partial charge on any atom is 0.219 e. The number of nitrogens with two attached hydrogens (primary N) is 1. The molecule has 3 rings (SSSR count). The lowest BCUT2D eigenvalue weighted by atomic mass is 10.2. The van der Waals surface area contributed by atoms with E-state index in [1.54, 1.807) is 24.4 Å². The fourth-order valence-corrected chi connectivity index (χ4v) is 1.94. The van der Waals surface area contributed by atoms with Crippen molar-refractivity contribution in [3.05, 3.63) is 60.4 Å². The van der Waals surface area contributed by atoms with Gasteiger partial charge in [0.2, 0.25) is 5.88 Å². The van der Waals surface area contributed by atoms with Gasteiger partial charge in [0, 0.05) is 17.6 Å². The van der Waals surface area contributed by atoms with Gasteiger partial charge in [-0.2, -0.15) is 0 Å². The van der Waals surface area contributed by atoms with Gasteiger partial charge in [-0.05, 0) is 30.3 Å². The van der Waals surface area contributed by atoms with Crippen LogP contribution in [0.1, 0.15) is 5.69 Å². The molecule has 2 aromatic heterocycles. The van der Waals surface area contributed by atoms with Crippen LogP contribution in [0.15, 0.2) is 59.9 Å². The van der Waals surface area contributed by atoms with Crippen molar-refractivity contribution < 1.29 is 9.94 Å². The van der Waals surface area contributed by atoms with E-state index in [0.29, 0.717) is 17.3 Å². The number of hydrogen-bond acceptors (Lipinski definition) is 5. The number of nitrogens with zero attached hydrogens (tertiary/aromatic N) is 3. The number of oxime groups is 1. The molecule has 0 bridgehead atoms. The standard InChI is InChI=1S/C15H12N4O2/c16-15(19-20)12-6-2-8-14(18-12)21-13-7-1-5-11-10(13)4-3-9-17-11/h1-9,20H,(H2,16,19). The molecule has 0 saturated carbocycles. The van der Waals surface area contributed by atoms with E-state index in [-0.39, 0.29) is 5.84 Å². The van der Waals surface area contributed by atoms with Gasteiger partial charge in [0.25, 0.3) is 0 Å². The van der Waals surface area contributed by atoms with E-state index in [1.807, 2.05) is 30.3 Å². The smallest absolute Gasteiger partial charge is 0.219 e. The first-order valence-electron chi connectivity index (χ1n) is 6.24. The molecule has 0 fully saturated rings. The summed E-state index contributed by atoms with van der Waals surface area (Å²) in [6, 6.07) is 14.4. The van der Waals surface area contributed by atoms with Crippen molar-refractivity contribution in [2.24, 2.45) is 10.9 Å². The van der Waals surface area contributed by atoms with E-state index < -0.39 is 0 Å². The molecule has 6 nitrogen and oxygen atoms in total. The van der Waals surface area contributed by atoms with Crippen LogP contribution in [0.2, 0.25) is 0 Å². The third-order valence-corrected chi connectivity index (χ3v) is 2.91. The van der Waals surface area contributed by atoms with Crippen molar-refractivity contribution in [1.82, 2.24) is 9.97 Å². The molecule has 0 aliphatic heterocycles. The highest BCUT2D eigenvalue weighted by Crippen LogP contribution is 2.27. The van der Waals surface area contributed by atoms with E-state index >= 15 is 0 Å². The van der Waals surface area contributed by atoms with E-state index in [2.05, 4.69) is 15.1 Å². The molecule has 0 aliphatic carbocycles. The highest BCUT2D eigenvalue weighted by atomic mass is 16.5. The minimum absolute atomic E-state index is 0.0694. The number of amidine groups is 1. The van der Waals surface area contributed by atoms with Gasteiger partial charge >= 0.3 is 0 Å². The second-order valence-electron chi connectivity index (χ2n) is 4.27. The average molecular weight is 280 g/mol. The van der Waals surface area contributed by atoms with Crippen molar-refractivity contribution in [1.29, 1.82) is 0 Å². The van der Waals surface area contributed by atoms with Crippen LogP contribution in [0, 0.1) is 0 Å². The minimum Gasteiger partial charge on any atom is -0.438 e. The van der Waals surface area contributed by atoms with Crippen LogP contribution < -0.4 is 10.5 Å². The summed E-state index contributed by atoms with van der Waals surface area (Å²) in [5.41, 5.74) is 6.70. The number of ether oxygens (including phenoxy) is 1. The van der Waals surface area contributed by atoms with Crippen molar-refractivity contribution in [2.75, 3.05) is 0 Å². The molecule has 2 heterocycles. The fraction of sp³-hybridized carbons (Fsp3) is 0. The normalized spacial score (nSPS) is 11.5. The zero-order valence-corrected chi connectivity index (χ0v) is 11.0. The fourth-order valence-electron chi connectivity index (χ4n) is 1.94. The van der Waals surface area contributed by atoms with Gasteiger partial charge in [0.15, 0.2) is 5.84 Å². The van der Waals surface area contributed by atoms with Crippen LogP contribution >= 0.6 is 0 Å². The Balaban J connectivity index is 1.99. The summed E-state index contributed by atoms with van der Waals surface area (Å²) < 4.78 is 5.78. The number of rotatable bonds is 3. The lowest BCUT2D eigenvalue weighted by Crippen LogP contribution is -2.14. The molecule has 3 aromatic rings. The molecule has 0 spiro atoms. The maximum absolute atomic E-state index is 8.68. The molecule has 0 amide bonds. The predicted molar refractivity (Wildman–Crippen MR) is 78.6 cm³/mol. The number of benzene rings is 1. The summed E-state index contributed by atoms with van der Waals surface area (Å²) >= 11 is 0. The van der Waals surface area contributed by atoms with Crippen LogP contribution in [-0.2, 0) is 0 Å². The molecule has 0 radical (unpaired) electrons. The van der Waals surface area contributed by atoms with Crippen LogP contribution in [0.25, 0.3) is 10.9 Å². The zero-order chi connectivity index (χ0) is 14.7. The quantitative estimate of drug-likeness (QED) is 0.333. The van der Waals surface area contributed by atoms with Crippen LogP contribution in [0.3, 0.4) is 0 Å². The lowest BCUT2D eigenvalue weighted by molar-refractivity contribution is 0.318.